The van der Waals surface area contributed by atoms with Gasteiger partial charge in [0.2, 0.25) is 0 Å². The number of carbonyl (C=O) groups excluding carboxylic acids is 1. The van der Waals surface area contributed by atoms with Gasteiger partial charge in [-0.05, 0) is 42.3 Å². The lowest BCUT2D eigenvalue weighted by molar-refractivity contribution is 0.0664. The third kappa shape index (κ3) is 5.10. The van der Waals surface area contributed by atoms with Gasteiger partial charge in [-0.15, -0.1) is 0 Å². The lowest BCUT2D eigenvalue weighted by atomic mass is 9.86. The average Bonchev–Trinajstić information content (AvgIpc) is 2.71. The zero-order chi connectivity index (χ0) is 21.0. The maximum Gasteiger partial charge on any atom is 0.253 e. The molecule has 1 fully saturated rings. The minimum absolute atomic E-state index is 0.0140. The van der Waals surface area contributed by atoms with Gasteiger partial charge in [0.25, 0.3) is 5.91 Å². The van der Waals surface area contributed by atoms with Crippen LogP contribution >= 0.6 is 0 Å². The molecule has 5 nitrogen and oxygen atoms in total. The Morgan fingerprint density at radius 3 is 2.34 bits per heavy atom. The zero-order valence-corrected chi connectivity index (χ0v) is 18.2. The van der Waals surface area contributed by atoms with Gasteiger partial charge in [0.1, 0.15) is 18.1 Å². The van der Waals surface area contributed by atoms with Crippen LogP contribution in [0.4, 0.5) is 0 Å². The summed E-state index contributed by atoms with van der Waals surface area (Å²) in [7, 11) is 3.73. The van der Waals surface area contributed by atoms with Gasteiger partial charge in [0, 0.05) is 37.3 Å². The summed E-state index contributed by atoms with van der Waals surface area (Å²) in [6.45, 7) is 10.2. The van der Waals surface area contributed by atoms with Crippen LogP contribution in [0.3, 0.4) is 0 Å². The van der Waals surface area contributed by atoms with Crippen LogP contribution in [0.25, 0.3) is 0 Å². The van der Waals surface area contributed by atoms with E-state index in [-0.39, 0.29) is 11.3 Å². The van der Waals surface area contributed by atoms with Gasteiger partial charge >= 0.3 is 0 Å². The Balaban J connectivity index is 1.79. The van der Waals surface area contributed by atoms with E-state index in [0.29, 0.717) is 12.2 Å². The van der Waals surface area contributed by atoms with Crippen LogP contribution in [0.15, 0.2) is 42.5 Å². The standard InChI is InChI=1S/C24H32N2O3/c1-24(2,3)20-8-6-7-9-22(20)29-17-19-16-18(10-11-21(19)28-5)23(27)26-14-12-25(4)13-15-26/h6-11,16H,12-15,17H2,1-5H3. The fourth-order valence-corrected chi connectivity index (χ4v) is 3.58. The lowest BCUT2D eigenvalue weighted by Gasteiger charge is -2.32. The van der Waals surface area contributed by atoms with E-state index in [1.807, 2.05) is 41.3 Å². The van der Waals surface area contributed by atoms with E-state index in [2.05, 4.69) is 38.8 Å². The number of rotatable bonds is 5. The Morgan fingerprint density at radius 2 is 1.69 bits per heavy atom. The highest BCUT2D eigenvalue weighted by atomic mass is 16.5. The Labute approximate surface area is 174 Å². The van der Waals surface area contributed by atoms with E-state index < -0.39 is 0 Å². The third-order valence-electron chi connectivity index (χ3n) is 5.40. The van der Waals surface area contributed by atoms with Crippen molar-refractivity contribution in [1.82, 2.24) is 9.80 Å². The second kappa shape index (κ2) is 8.87. The molecule has 0 aromatic heterocycles. The number of carbonyl (C=O) groups is 1. The summed E-state index contributed by atoms with van der Waals surface area (Å²) in [5, 5.41) is 0. The Kier molecular flexibility index (Phi) is 6.48. The topological polar surface area (TPSA) is 42.0 Å². The molecule has 0 spiro atoms. The fourth-order valence-electron chi connectivity index (χ4n) is 3.58. The second-order valence-corrected chi connectivity index (χ2v) is 8.66. The largest absolute Gasteiger partial charge is 0.496 e. The summed E-state index contributed by atoms with van der Waals surface area (Å²) in [5.74, 6) is 1.66. The van der Waals surface area contributed by atoms with Crippen LogP contribution in [-0.4, -0.2) is 56.0 Å². The molecule has 1 amide bonds. The molecule has 156 valence electrons. The van der Waals surface area contributed by atoms with Crippen molar-refractivity contribution in [3.8, 4) is 11.5 Å². The van der Waals surface area contributed by atoms with Crippen molar-refractivity contribution >= 4 is 5.91 Å². The van der Waals surface area contributed by atoms with Crippen LogP contribution in [-0.2, 0) is 12.0 Å². The summed E-state index contributed by atoms with van der Waals surface area (Å²) in [6, 6.07) is 13.7. The van der Waals surface area contributed by atoms with Crippen molar-refractivity contribution in [2.45, 2.75) is 32.8 Å². The smallest absolute Gasteiger partial charge is 0.253 e. The number of para-hydroxylation sites is 1. The molecule has 0 atom stereocenters. The summed E-state index contributed by atoms with van der Waals surface area (Å²) < 4.78 is 11.7. The quantitative estimate of drug-likeness (QED) is 0.767. The Morgan fingerprint density at radius 1 is 1.00 bits per heavy atom. The van der Waals surface area contributed by atoms with Crippen LogP contribution in [0.5, 0.6) is 11.5 Å². The predicted octanol–water partition coefficient (Wildman–Crippen LogP) is 3.96. The maximum absolute atomic E-state index is 12.9. The summed E-state index contributed by atoms with van der Waals surface area (Å²) in [4.78, 5) is 17.1. The first-order valence-electron chi connectivity index (χ1n) is 10.2. The number of ether oxygens (including phenoxy) is 2. The highest BCUT2D eigenvalue weighted by molar-refractivity contribution is 5.94. The van der Waals surface area contributed by atoms with Gasteiger partial charge in [-0.25, -0.2) is 0 Å². The molecule has 0 N–H and O–H groups in total. The number of hydrogen-bond donors (Lipinski definition) is 0. The molecule has 2 aromatic carbocycles. The van der Waals surface area contributed by atoms with E-state index in [0.717, 1.165) is 48.8 Å². The molecule has 0 aliphatic carbocycles. The highest BCUT2D eigenvalue weighted by Crippen LogP contribution is 2.32. The summed E-state index contributed by atoms with van der Waals surface area (Å²) >= 11 is 0. The fraction of sp³-hybridized carbons (Fsp3) is 0.458. The molecule has 1 saturated heterocycles. The molecule has 0 bridgehead atoms. The molecule has 5 heteroatoms. The first-order chi connectivity index (χ1) is 13.8. The molecule has 29 heavy (non-hydrogen) atoms. The first-order valence-corrected chi connectivity index (χ1v) is 10.2. The van der Waals surface area contributed by atoms with Gasteiger partial charge in [-0.2, -0.15) is 0 Å². The van der Waals surface area contributed by atoms with Crippen molar-refractivity contribution in [1.29, 1.82) is 0 Å². The molecule has 2 aromatic rings. The van der Waals surface area contributed by atoms with E-state index in [9.17, 15) is 4.79 Å². The monoisotopic (exact) mass is 396 g/mol. The SMILES string of the molecule is COc1ccc(C(=O)N2CCN(C)CC2)cc1COc1ccccc1C(C)(C)C. The van der Waals surface area contributed by atoms with Crippen molar-refractivity contribution in [2.75, 3.05) is 40.3 Å². The summed E-state index contributed by atoms with van der Waals surface area (Å²) in [5.41, 5.74) is 2.69. The molecule has 1 aliphatic rings. The van der Waals surface area contributed by atoms with Gasteiger partial charge in [-0.3, -0.25) is 4.79 Å². The van der Waals surface area contributed by atoms with Gasteiger partial charge in [0.15, 0.2) is 0 Å². The van der Waals surface area contributed by atoms with E-state index in [1.54, 1.807) is 7.11 Å². The van der Waals surface area contributed by atoms with Crippen molar-refractivity contribution in [2.24, 2.45) is 0 Å². The average molecular weight is 397 g/mol. The molecular weight excluding hydrogens is 364 g/mol. The van der Waals surface area contributed by atoms with Crippen molar-refractivity contribution < 1.29 is 14.3 Å². The van der Waals surface area contributed by atoms with Gasteiger partial charge < -0.3 is 19.3 Å². The minimum Gasteiger partial charge on any atom is -0.496 e. The molecule has 3 rings (SSSR count). The van der Waals surface area contributed by atoms with E-state index >= 15 is 0 Å². The number of likely N-dealkylation sites (N-methyl/N-ethyl adjacent to an activating group) is 1. The number of benzene rings is 2. The number of piperazine rings is 1. The zero-order valence-electron chi connectivity index (χ0n) is 18.2. The van der Waals surface area contributed by atoms with E-state index in [1.165, 1.54) is 0 Å². The molecular formula is C24H32N2O3. The molecule has 0 unspecified atom stereocenters. The maximum atomic E-state index is 12.9. The van der Waals surface area contributed by atoms with Crippen molar-refractivity contribution in [3.63, 3.8) is 0 Å². The van der Waals surface area contributed by atoms with E-state index in [4.69, 9.17) is 9.47 Å². The molecule has 1 aliphatic heterocycles. The normalized spacial score (nSPS) is 15.3. The Bertz CT molecular complexity index is 849. The number of methoxy groups -OCH3 is 1. The third-order valence-corrected chi connectivity index (χ3v) is 5.40. The van der Waals surface area contributed by atoms with Gasteiger partial charge in [-0.1, -0.05) is 39.0 Å². The van der Waals surface area contributed by atoms with Crippen LogP contribution in [0, 0.1) is 0 Å². The summed E-state index contributed by atoms with van der Waals surface area (Å²) in [6.07, 6.45) is 0. The first kappa shape index (κ1) is 21.2. The van der Waals surface area contributed by atoms with Crippen LogP contribution < -0.4 is 9.47 Å². The minimum atomic E-state index is -0.0140. The Hall–Kier alpha value is -2.53. The van der Waals surface area contributed by atoms with Crippen LogP contribution in [0.1, 0.15) is 42.3 Å². The van der Waals surface area contributed by atoms with Gasteiger partial charge in [0.05, 0.1) is 7.11 Å². The molecule has 0 radical (unpaired) electrons. The lowest BCUT2D eigenvalue weighted by Crippen LogP contribution is -2.47. The number of hydrogen-bond acceptors (Lipinski definition) is 4. The molecule has 0 saturated carbocycles. The predicted molar refractivity (Wildman–Crippen MR) is 116 cm³/mol. The highest BCUT2D eigenvalue weighted by Gasteiger charge is 2.22. The molecule has 1 heterocycles. The van der Waals surface area contributed by atoms with Crippen LogP contribution in [0.2, 0.25) is 0 Å². The number of amides is 1. The second-order valence-electron chi connectivity index (χ2n) is 8.66. The van der Waals surface area contributed by atoms with Crippen molar-refractivity contribution in [3.05, 3.63) is 59.2 Å². The number of nitrogens with zero attached hydrogens (tertiary/aromatic N) is 2.